The van der Waals surface area contributed by atoms with E-state index in [9.17, 15) is 19.2 Å². The molecule has 5 atom stereocenters. The van der Waals surface area contributed by atoms with Gasteiger partial charge in [0.1, 0.15) is 30.8 Å². The molecule has 11 nitrogen and oxygen atoms in total. The van der Waals surface area contributed by atoms with Crippen LogP contribution in [0.5, 0.6) is 0 Å². The molecule has 0 spiro atoms. The highest BCUT2D eigenvalue weighted by Gasteiger charge is 2.56. The highest BCUT2D eigenvalue weighted by Crippen LogP contribution is 2.36. The van der Waals surface area contributed by atoms with Gasteiger partial charge in [-0.3, -0.25) is 19.2 Å². The fourth-order valence-electron chi connectivity index (χ4n) is 5.18. The molecular formula is C38H57N2O9+. The first-order valence-corrected chi connectivity index (χ1v) is 16.8. The number of carbonyl (C=O) groups excluding carboxylic acids is 4. The van der Waals surface area contributed by atoms with Gasteiger partial charge in [0, 0.05) is 0 Å². The zero-order valence-corrected chi connectivity index (χ0v) is 32.0. The van der Waals surface area contributed by atoms with Crippen LogP contribution in [0.1, 0.15) is 106 Å². The zero-order chi connectivity index (χ0) is 37.4. The number of carbonyl (C=O) groups is 4. The second-order valence-electron chi connectivity index (χ2n) is 17.3. The fraction of sp³-hybridized carbons (Fsp3) is 0.658. The second-order valence-corrected chi connectivity index (χ2v) is 17.3. The lowest BCUT2D eigenvalue weighted by Crippen LogP contribution is -2.66. The summed E-state index contributed by atoms with van der Waals surface area (Å²) in [6, 6.07) is 4.18. The molecule has 1 aromatic carbocycles. The number of rotatable bonds is 7. The molecule has 1 fully saturated rings. The molecule has 49 heavy (non-hydrogen) atoms. The first-order valence-electron chi connectivity index (χ1n) is 16.8. The number of hydrogen-bond donors (Lipinski definition) is 0. The van der Waals surface area contributed by atoms with Crippen LogP contribution in [0.15, 0.2) is 30.9 Å². The molecule has 1 aliphatic rings. The van der Waals surface area contributed by atoms with E-state index in [0.717, 1.165) is 22.4 Å². The van der Waals surface area contributed by atoms with Crippen LogP contribution in [0.25, 0.3) is 5.69 Å². The third kappa shape index (κ3) is 9.71. The number of benzene rings is 1. The molecule has 0 radical (unpaired) electrons. The molecule has 11 heteroatoms. The number of hydrogen-bond acceptors (Lipinski definition) is 9. The SMILES string of the molecule is Cc1cc(C)c(-n2cc[n+](C3OC(COC(=O)C(C)(C)C)C(OC(=O)C(C)(C)C)C(OC(=O)C(C)(C)C)C3OC(=O)C(C)(C)C)c2)c(C)c1. The van der Waals surface area contributed by atoms with Crippen LogP contribution in [0.2, 0.25) is 0 Å². The summed E-state index contributed by atoms with van der Waals surface area (Å²) < 4.78 is 34.4. The monoisotopic (exact) mass is 685 g/mol. The molecule has 1 aliphatic heterocycles. The van der Waals surface area contributed by atoms with Gasteiger partial charge in [-0.15, -0.1) is 0 Å². The van der Waals surface area contributed by atoms with Crippen molar-refractivity contribution in [3.05, 3.63) is 47.5 Å². The number of nitrogens with zero attached hydrogens (tertiary/aromatic N) is 2. The lowest BCUT2D eigenvalue weighted by atomic mass is 9.92. The summed E-state index contributed by atoms with van der Waals surface area (Å²) >= 11 is 0. The van der Waals surface area contributed by atoms with Gasteiger partial charge in [-0.05, 0) is 115 Å². The van der Waals surface area contributed by atoms with Crippen molar-refractivity contribution in [1.82, 2.24) is 4.57 Å². The minimum Gasteiger partial charge on any atom is -0.462 e. The van der Waals surface area contributed by atoms with E-state index in [0.29, 0.717) is 0 Å². The first kappa shape index (κ1) is 39.7. The van der Waals surface area contributed by atoms with E-state index in [4.69, 9.17) is 23.7 Å². The molecular weight excluding hydrogens is 628 g/mol. The summed E-state index contributed by atoms with van der Waals surface area (Å²) in [5.74, 6) is -2.28. The maximum Gasteiger partial charge on any atom is 0.311 e. The molecule has 0 aliphatic carbocycles. The quantitative estimate of drug-likeness (QED) is 0.195. The van der Waals surface area contributed by atoms with E-state index in [1.807, 2.05) is 31.5 Å². The van der Waals surface area contributed by atoms with Crippen molar-refractivity contribution in [2.75, 3.05) is 6.61 Å². The Balaban J connectivity index is 2.26. The van der Waals surface area contributed by atoms with E-state index in [-0.39, 0.29) is 6.61 Å². The fourth-order valence-corrected chi connectivity index (χ4v) is 5.18. The normalized spacial score (nSPS) is 21.9. The minimum absolute atomic E-state index is 0.324. The van der Waals surface area contributed by atoms with Crippen LogP contribution < -0.4 is 4.57 Å². The van der Waals surface area contributed by atoms with E-state index in [1.165, 1.54) is 0 Å². The number of ether oxygens (including phenoxy) is 5. The van der Waals surface area contributed by atoms with Gasteiger partial charge in [-0.1, -0.05) is 17.7 Å². The van der Waals surface area contributed by atoms with E-state index >= 15 is 0 Å². The molecule has 3 rings (SSSR count). The third-order valence-corrected chi connectivity index (χ3v) is 8.01. The maximum atomic E-state index is 13.6. The Bertz CT molecular complexity index is 1520. The van der Waals surface area contributed by atoms with Gasteiger partial charge >= 0.3 is 23.9 Å². The van der Waals surface area contributed by atoms with Crippen molar-refractivity contribution >= 4 is 23.9 Å². The van der Waals surface area contributed by atoms with Gasteiger partial charge < -0.3 is 23.7 Å². The molecule has 272 valence electrons. The lowest BCUT2D eigenvalue weighted by Gasteiger charge is -2.44. The summed E-state index contributed by atoms with van der Waals surface area (Å²) in [6.07, 6.45) is -0.675. The van der Waals surface area contributed by atoms with Crippen LogP contribution in [0.4, 0.5) is 0 Å². The highest BCUT2D eigenvalue weighted by molar-refractivity contribution is 5.78. The Labute approximate surface area is 291 Å². The molecule has 0 amide bonds. The standard InChI is InChI=1S/C38H57N2O9/c1-22-18-23(2)26(24(3)19-22)39-16-17-40(21-39)30-29(49-34(44)38(13,14)15)28(48-33(43)37(10,11)12)27(47-32(42)36(7,8)9)25(46-30)20-45-31(41)35(4,5)6/h16-19,21,25,27-30H,20H2,1-15H3/q+1. The molecule has 5 unspecified atom stereocenters. The van der Waals surface area contributed by atoms with Crippen LogP contribution >= 0.6 is 0 Å². The average molecular weight is 686 g/mol. The molecule has 0 N–H and O–H groups in total. The van der Waals surface area contributed by atoms with Gasteiger partial charge in [0.05, 0.1) is 21.7 Å². The van der Waals surface area contributed by atoms with Crippen molar-refractivity contribution in [2.24, 2.45) is 21.7 Å². The Hall–Kier alpha value is -3.73. The van der Waals surface area contributed by atoms with E-state index in [2.05, 4.69) is 12.1 Å². The number of aryl methyl sites for hydroxylation is 3. The van der Waals surface area contributed by atoms with Gasteiger partial charge in [0.2, 0.25) is 12.3 Å². The summed E-state index contributed by atoms with van der Waals surface area (Å²) in [6.45, 7) is 26.2. The van der Waals surface area contributed by atoms with E-state index in [1.54, 1.807) is 100 Å². The number of esters is 4. The molecule has 0 saturated carbocycles. The third-order valence-electron chi connectivity index (χ3n) is 8.01. The Morgan fingerprint density at radius 2 is 1.10 bits per heavy atom. The second kappa shape index (κ2) is 14.2. The minimum atomic E-state index is -1.33. The van der Waals surface area contributed by atoms with Gasteiger partial charge in [-0.25, -0.2) is 9.13 Å². The van der Waals surface area contributed by atoms with E-state index < -0.39 is 76.2 Å². The lowest BCUT2D eigenvalue weighted by molar-refractivity contribution is -0.777. The smallest absolute Gasteiger partial charge is 0.311 e. The predicted octanol–water partition coefficient (Wildman–Crippen LogP) is 6.05. The highest BCUT2D eigenvalue weighted by atomic mass is 16.7. The Morgan fingerprint density at radius 1 is 0.673 bits per heavy atom. The van der Waals surface area contributed by atoms with Crippen molar-refractivity contribution in [2.45, 2.75) is 134 Å². The summed E-state index contributed by atoms with van der Waals surface area (Å²) in [7, 11) is 0. The average Bonchev–Trinajstić information content (AvgIpc) is 3.40. The summed E-state index contributed by atoms with van der Waals surface area (Å²) in [5, 5.41) is 0. The largest absolute Gasteiger partial charge is 0.462 e. The van der Waals surface area contributed by atoms with Crippen molar-refractivity contribution < 1.29 is 47.4 Å². The Morgan fingerprint density at radius 3 is 1.55 bits per heavy atom. The topological polar surface area (TPSA) is 123 Å². The van der Waals surface area contributed by atoms with Crippen molar-refractivity contribution in [3.63, 3.8) is 0 Å². The zero-order valence-electron chi connectivity index (χ0n) is 32.0. The summed E-state index contributed by atoms with van der Waals surface area (Å²) in [4.78, 5) is 53.6. The van der Waals surface area contributed by atoms with Crippen LogP contribution in [0.3, 0.4) is 0 Å². The van der Waals surface area contributed by atoms with Crippen molar-refractivity contribution in [1.29, 1.82) is 0 Å². The molecule has 2 heterocycles. The van der Waals surface area contributed by atoms with Crippen LogP contribution in [-0.4, -0.2) is 59.5 Å². The van der Waals surface area contributed by atoms with Gasteiger partial charge in [0.25, 0.3) is 6.33 Å². The van der Waals surface area contributed by atoms with Gasteiger partial charge in [-0.2, -0.15) is 0 Å². The summed E-state index contributed by atoms with van der Waals surface area (Å²) in [5.41, 5.74) is 0.530. The molecule has 2 aromatic rings. The van der Waals surface area contributed by atoms with Crippen LogP contribution in [-0.2, 0) is 42.9 Å². The predicted molar refractivity (Wildman–Crippen MR) is 183 cm³/mol. The number of aromatic nitrogens is 2. The molecule has 1 saturated heterocycles. The van der Waals surface area contributed by atoms with Gasteiger partial charge in [0.15, 0.2) is 12.2 Å². The molecule has 1 aromatic heterocycles. The molecule has 0 bridgehead atoms. The maximum absolute atomic E-state index is 13.6. The van der Waals surface area contributed by atoms with Crippen LogP contribution in [0, 0.1) is 42.4 Å². The number of imidazole rings is 1. The Kier molecular flexibility index (Phi) is 11.5. The first-order chi connectivity index (χ1) is 22.2. The van der Waals surface area contributed by atoms with Crippen molar-refractivity contribution in [3.8, 4) is 5.69 Å².